The summed E-state index contributed by atoms with van der Waals surface area (Å²) in [7, 11) is -0.494. The average molecular weight is 302 g/mol. The molecular formula is C16H20BFN2O2. The molecule has 0 bridgehead atoms. The predicted octanol–water partition coefficient (Wildman–Crippen LogP) is 2.37. The fourth-order valence-corrected chi connectivity index (χ4v) is 2.36. The molecule has 6 heteroatoms. The van der Waals surface area contributed by atoms with E-state index in [1.54, 1.807) is 16.8 Å². The SMILES string of the molecule is CC1(C)OB(c2ccn(Cc3ccccc3F)n2)OC1(C)C. The van der Waals surface area contributed by atoms with Crippen LogP contribution >= 0.6 is 0 Å². The van der Waals surface area contributed by atoms with Crippen LogP contribution in [0, 0.1) is 5.82 Å². The van der Waals surface area contributed by atoms with Gasteiger partial charge in [0.15, 0.2) is 0 Å². The topological polar surface area (TPSA) is 36.3 Å². The summed E-state index contributed by atoms with van der Waals surface area (Å²) in [6.45, 7) is 8.39. The van der Waals surface area contributed by atoms with Crippen molar-refractivity contribution >= 4 is 12.7 Å². The van der Waals surface area contributed by atoms with Crippen molar-refractivity contribution in [3.05, 3.63) is 47.9 Å². The largest absolute Gasteiger partial charge is 0.516 e. The van der Waals surface area contributed by atoms with Crippen LogP contribution in [0.2, 0.25) is 0 Å². The lowest BCUT2D eigenvalue weighted by atomic mass is 9.85. The quantitative estimate of drug-likeness (QED) is 0.817. The van der Waals surface area contributed by atoms with Gasteiger partial charge in [-0.1, -0.05) is 18.2 Å². The van der Waals surface area contributed by atoms with Gasteiger partial charge in [-0.25, -0.2) is 4.39 Å². The van der Waals surface area contributed by atoms with Gasteiger partial charge in [0, 0.05) is 11.8 Å². The molecule has 1 aromatic carbocycles. The van der Waals surface area contributed by atoms with Crippen molar-refractivity contribution in [3.8, 4) is 0 Å². The molecule has 1 saturated heterocycles. The molecule has 1 fully saturated rings. The monoisotopic (exact) mass is 302 g/mol. The van der Waals surface area contributed by atoms with Gasteiger partial charge in [-0.05, 0) is 39.8 Å². The first-order valence-electron chi connectivity index (χ1n) is 7.41. The molecule has 0 saturated carbocycles. The number of hydrogen-bond acceptors (Lipinski definition) is 3. The van der Waals surface area contributed by atoms with Crippen molar-refractivity contribution in [2.45, 2.75) is 45.4 Å². The zero-order chi connectivity index (χ0) is 16.0. The Kier molecular flexibility index (Phi) is 3.61. The molecule has 2 heterocycles. The van der Waals surface area contributed by atoms with Crippen molar-refractivity contribution in [2.75, 3.05) is 0 Å². The summed E-state index contributed by atoms with van der Waals surface area (Å²) in [5.41, 5.74) is 0.515. The van der Waals surface area contributed by atoms with Gasteiger partial charge in [-0.3, -0.25) is 4.68 Å². The first-order valence-corrected chi connectivity index (χ1v) is 7.41. The van der Waals surface area contributed by atoms with Gasteiger partial charge in [-0.15, -0.1) is 0 Å². The second-order valence-electron chi connectivity index (χ2n) is 6.62. The molecule has 1 aromatic heterocycles. The van der Waals surface area contributed by atoms with Gasteiger partial charge in [0.25, 0.3) is 0 Å². The molecule has 1 aliphatic heterocycles. The predicted molar refractivity (Wildman–Crippen MR) is 83.4 cm³/mol. The molecule has 2 aromatic rings. The summed E-state index contributed by atoms with van der Waals surface area (Å²) in [6.07, 6.45) is 1.81. The van der Waals surface area contributed by atoms with Crippen molar-refractivity contribution in [2.24, 2.45) is 0 Å². The first kappa shape index (κ1) is 15.2. The molecule has 4 nitrogen and oxygen atoms in total. The molecule has 0 aliphatic carbocycles. The van der Waals surface area contributed by atoms with Crippen LogP contribution in [0.1, 0.15) is 33.3 Å². The van der Waals surface area contributed by atoms with Crippen LogP contribution in [0.4, 0.5) is 4.39 Å². The Hall–Kier alpha value is -1.66. The molecule has 116 valence electrons. The number of halogens is 1. The fourth-order valence-electron chi connectivity index (χ4n) is 2.36. The lowest BCUT2D eigenvalue weighted by Crippen LogP contribution is -2.41. The fraction of sp³-hybridized carbons (Fsp3) is 0.438. The molecule has 0 N–H and O–H groups in total. The van der Waals surface area contributed by atoms with Gasteiger partial charge >= 0.3 is 7.12 Å². The summed E-state index contributed by atoms with van der Waals surface area (Å²) in [6, 6.07) is 8.55. The van der Waals surface area contributed by atoms with Crippen LogP contribution in [0.5, 0.6) is 0 Å². The highest BCUT2D eigenvalue weighted by molar-refractivity contribution is 6.61. The molecule has 0 radical (unpaired) electrons. The summed E-state index contributed by atoms with van der Waals surface area (Å²) >= 11 is 0. The summed E-state index contributed by atoms with van der Waals surface area (Å²) in [5, 5.41) is 4.46. The second kappa shape index (κ2) is 5.21. The van der Waals surface area contributed by atoms with E-state index in [-0.39, 0.29) is 5.82 Å². The standard InChI is InChI=1S/C16H20BFN2O2/c1-15(2)16(3,4)22-17(21-15)14-9-10-20(19-14)11-12-7-5-6-8-13(12)18/h5-10H,11H2,1-4H3. The Morgan fingerprint density at radius 3 is 2.36 bits per heavy atom. The van der Waals surface area contributed by atoms with Crippen LogP contribution in [-0.2, 0) is 15.9 Å². The van der Waals surface area contributed by atoms with Crippen LogP contribution in [0.25, 0.3) is 0 Å². The highest BCUT2D eigenvalue weighted by Crippen LogP contribution is 2.36. The van der Waals surface area contributed by atoms with E-state index < -0.39 is 18.3 Å². The molecule has 0 spiro atoms. The van der Waals surface area contributed by atoms with E-state index in [0.29, 0.717) is 17.7 Å². The maximum absolute atomic E-state index is 13.7. The van der Waals surface area contributed by atoms with Gasteiger partial charge in [0.1, 0.15) is 5.82 Å². The Morgan fingerprint density at radius 1 is 1.09 bits per heavy atom. The number of nitrogens with zero attached hydrogens (tertiary/aromatic N) is 2. The minimum Gasteiger partial charge on any atom is -0.398 e. The molecule has 0 unspecified atom stereocenters. The summed E-state index contributed by atoms with van der Waals surface area (Å²) in [4.78, 5) is 0. The lowest BCUT2D eigenvalue weighted by molar-refractivity contribution is 0.00578. The molecule has 3 rings (SSSR count). The molecule has 0 amide bonds. The first-order chi connectivity index (χ1) is 10.3. The molecule has 1 aliphatic rings. The summed E-state index contributed by atoms with van der Waals surface area (Å²) in [5.74, 6) is -0.227. The zero-order valence-corrected chi connectivity index (χ0v) is 13.3. The van der Waals surface area contributed by atoms with E-state index in [0.717, 1.165) is 0 Å². The highest BCUT2D eigenvalue weighted by Gasteiger charge is 2.52. The Morgan fingerprint density at radius 2 is 1.73 bits per heavy atom. The molecule has 22 heavy (non-hydrogen) atoms. The Balaban J connectivity index is 1.77. The van der Waals surface area contributed by atoms with Crippen LogP contribution in [0.3, 0.4) is 0 Å². The summed E-state index contributed by atoms with van der Waals surface area (Å²) < 4.78 is 27.3. The van der Waals surface area contributed by atoms with E-state index in [9.17, 15) is 4.39 Å². The maximum Gasteiger partial charge on any atom is 0.516 e. The zero-order valence-electron chi connectivity index (χ0n) is 13.3. The number of benzene rings is 1. The van der Waals surface area contributed by atoms with Crippen molar-refractivity contribution in [1.82, 2.24) is 9.78 Å². The lowest BCUT2D eigenvalue weighted by Gasteiger charge is -2.32. The third kappa shape index (κ3) is 2.68. The van der Waals surface area contributed by atoms with Crippen molar-refractivity contribution in [3.63, 3.8) is 0 Å². The van der Waals surface area contributed by atoms with E-state index in [4.69, 9.17) is 9.31 Å². The number of aromatic nitrogens is 2. The van der Waals surface area contributed by atoms with E-state index >= 15 is 0 Å². The third-order valence-corrected chi connectivity index (χ3v) is 4.45. The van der Waals surface area contributed by atoms with Crippen LogP contribution in [0.15, 0.2) is 36.5 Å². The van der Waals surface area contributed by atoms with Crippen molar-refractivity contribution < 1.29 is 13.7 Å². The van der Waals surface area contributed by atoms with Gasteiger partial charge in [0.2, 0.25) is 0 Å². The van der Waals surface area contributed by atoms with Gasteiger partial charge in [0.05, 0.1) is 23.3 Å². The van der Waals surface area contributed by atoms with E-state index in [1.165, 1.54) is 6.07 Å². The van der Waals surface area contributed by atoms with Crippen molar-refractivity contribution in [1.29, 1.82) is 0 Å². The Bertz CT molecular complexity index is 668. The van der Waals surface area contributed by atoms with E-state index in [1.807, 2.05) is 46.0 Å². The normalized spacial score (nSPS) is 19.6. The third-order valence-electron chi connectivity index (χ3n) is 4.45. The van der Waals surface area contributed by atoms with E-state index in [2.05, 4.69) is 5.10 Å². The highest BCUT2D eigenvalue weighted by atomic mass is 19.1. The minimum atomic E-state index is -0.494. The van der Waals surface area contributed by atoms with Crippen LogP contribution in [-0.4, -0.2) is 28.1 Å². The average Bonchev–Trinajstić information content (AvgIpc) is 2.96. The second-order valence-corrected chi connectivity index (χ2v) is 6.62. The van der Waals surface area contributed by atoms with Crippen LogP contribution < -0.4 is 5.59 Å². The number of rotatable bonds is 3. The van der Waals surface area contributed by atoms with Gasteiger partial charge in [-0.2, -0.15) is 5.10 Å². The molecular weight excluding hydrogens is 282 g/mol. The molecule has 0 atom stereocenters. The van der Waals surface area contributed by atoms with Gasteiger partial charge < -0.3 is 9.31 Å². The Labute approximate surface area is 130 Å². The number of hydrogen-bond donors (Lipinski definition) is 0. The smallest absolute Gasteiger partial charge is 0.398 e. The minimum absolute atomic E-state index is 0.227. The maximum atomic E-state index is 13.7.